The Bertz CT molecular complexity index is 943. The van der Waals surface area contributed by atoms with Crippen LogP contribution in [-0.4, -0.2) is 41.3 Å². The number of nitrogens with zero attached hydrogens (tertiary/aromatic N) is 1. The van der Waals surface area contributed by atoms with Gasteiger partial charge >= 0.3 is 0 Å². The lowest BCUT2D eigenvalue weighted by atomic mass is 10.1. The Kier molecular flexibility index (Phi) is 7.41. The zero-order chi connectivity index (χ0) is 20.8. The van der Waals surface area contributed by atoms with Gasteiger partial charge < -0.3 is 5.32 Å². The third kappa shape index (κ3) is 5.65. The number of carbonyl (C=O) groups excluding carboxylic acids is 3. The van der Waals surface area contributed by atoms with Gasteiger partial charge in [0.15, 0.2) is 0 Å². The fourth-order valence-corrected chi connectivity index (χ4v) is 4.22. The normalized spacial score (nSPS) is 15.2. The third-order valence-electron chi connectivity index (χ3n) is 4.19. The number of imide groups is 1. The largest absolute Gasteiger partial charge is 0.350 e. The van der Waals surface area contributed by atoms with Crippen molar-refractivity contribution in [3.05, 3.63) is 75.1 Å². The van der Waals surface area contributed by atoms with Crippen molar-refractivity contribution in [2.24, 2.45) is 0 Å². The van der Waals surface area contributed by atoms with Crippen LogP contribution in [0.15, 0.2) is 53.4 Å². The van der Waals surface area contributed by atoms with Crippen LogP contribution in [0.25, 0.3) is 6.08 Å². The van der Waals surface area contributed by atoms with Crippen LogP contribution < -0.4 is 5.32 Å². The van der Waals surface area contributed by atoms with E-state index in [0.717, 1.165) is 33.5 Å². The predicted octanol–water partition coefficient (Wildman–Crippen LogP) is 4.67. The summed E-state index contributed by atoms with van der Waals surface area (Å²) < 4.78 is 0. The molecule has 0 bridgehead atoms. The van der Waals surface area contributed by atoms with Crippen molar-refractivity contribution in [3.8, 4) is 0 Å². The second-order valence-corrected chi connectivity index (χ2v) is 8.57. The lowest BCUT2D eigenvalue weighted by Crippen LogP contribution is -2.37. The van der Waals surface area contributed by atoms with Gasteiger partial charge in [0.25, 0.3) is 17.1 Å². The predicted molar refractivity (Wildman–Crippen MR) is 120 cm³/mol. The molecule has 1 heterocycles. The van der Waals surface area contributed by atoms with Gasteiger partial charge in [0.1, 0.15) is 0 Å². The number of hydrogen-bond acceptors (Lipinski definition) is 5. The van der Waals surface area contributed by atoms with E-state index in [4.69, 9.17) is 11.6 Å². The van der Waals surface area contributed by atoms with Crippen LogP contribution in [0.5, 0.6) is 0 Å². The first-order valence-corrected chi connectivity index (χ1v) is 11.4. The first-order valence-electron chi connectivity index (χ1n) is 8.85. The Hall–Kier alpha value is -2.22. The number of carbonyl (C=O) groups is 3. The van der Waals surface area contributed by atoms with Crippen LogP contribution in [0, 0.1) is 0 Å². The topological polar surface area (TPSA) is 66.5 Å². The van der Waals surface area contributed by atoms with Crippen molar-refractivity contribution in [1.29, 1.82) is 0 Å². The van der Waals surface area contributed by atoms with Crippen molar-refractivity contribution in [1.82, 2.24) is 10.2 Å². The van der Waals surface area contributed by atoms with Crippen molar-refractivity contribution in [2.75, 3.05) is 19.3 Å². The molecule has 1 aliphatic heterocycles. The van der Waals surface area contributed by atoms with Crippen LogP contribution in [0.1, 0.15) is 21.5 Å². The highest BCUT2D eigenvalue weighted by Gasteiger charge is 2.34. The Balaban J connectivity index is 1.55. The smallest absolute Gasteiger partial charge is 0.293 e. The van der Waals surface area contributed by atoms with Gasteiger partial charge in [0, 0.05) is 29.4 Å². The fourth-order valence-electron chi connectivity index (χ4n) is 2.71. The van der Waals surface area contributed by atoms with Gasteiger partial charge in [0.2, 0.25) is 0 Å². The van der Waals surface area contributed by atoms with Crippen LogP contribution in [0.4, 0.5) is 4.79 Å². The quantitative estimate of drug-likeness (QED) is 0.626. The van der Waals surface area contributed by atoms with Gasteiger partial charge in [-0.05, 0) is 59.5 Å². The monoisotopic (exact) mass is 446 g/mol. The molecule has 150 valence electrons. The number of thioether (sulfide) groups is 2. The van der Waals surface area contributed by atoms with E-state index in [1.54, 1.807) is 54.2 Å². The molecule has 2 aromatic carbocycles. The maximum atomic E-state index is 12.5. The van der Waals surface area contributed by atoms with Crippen LogP contribution in [0.2, 0.25) is 5.02 Å². The molecule has 1 N–H and O–H groups in total. The van der Waals surface area contributed by atoms with Crippen molar-refractivity contribution >= 4 is 58.3 Å². The van der Waals surface area contributed by atoms with E-state index in [-0.39, 0.29) is 30.1 Å². The molecule has 0 aromatic heterocycles. The Morgan fingerprint density at radius 1 is 1.14 bits per heavy atom. The molecule has 0 unspecified atom stereocenters. The average molecular weight is 447 g/mol. The fraction of sp³-hybridized carbons (Fsp3) is 0.190. The SMILES string of the molecule is CSCc1ccc(C(=O)NCCN2C(=O)S/C(=C\c3ccc(Cl)cc3)C2=O)cc1. The zero-order valence-electron chi connectivity index (χ0n) is 15.7. The highest BCUT2D eigenvalue weighted by molar-refractivity contribution is 8.18. The second-order valence-electron chi connectivity index (χ2n) is 6.27. The van der Waals surface area contributed by atoms with Crippen LogP contribution >= 0.6 is 35.1 Å². The molecule has 3 rings (SSSR count). The van der Waals surface area contributed by atoms with Gasteiger partial charge in [-0.2, -0.15) is 11.8 Å². The van der Waals surface area contributed by atoms with Crippen molar-refractivity contribution in [2.45, 2.75) is 5.75 Å². The lowest BCUT2D eigenvalue weighted by molar-refractivity contribution is -0.122. The molecule has 2 aromatic rings. The molecule has 0 atom stereocenters. The molecule has 8 heteroatoms. The summed E-state index contributed by atoms with van der Waals surface area (Å²) in [6.45, 7) is 0.316. The summed E-state index contributed by atoms with van der Waals surface area (Å²) >= 11 is 8.47. The molecule has 1 fully saturated rings. The van der Waals surface area contributed by atoms with Gasteiger partial charge in [-0.15, -0.1) is 0 Å². The van der Waals surface area contributed by atoms with E-state index in [9.17, 15) is 14.4 Å². The standard InChI is InChI=1S/C21H19ClN2O3S2/c1-28-13-15-2-6-16(7-3-15)19(25)23-10-11-24-20(26)18(29-21(24)27)12-14-4-8-17(22)9-5-14/h2-9,12H,10-11,13H2,1H3,(H,23,25)/b18-12-. The molecular formula is C21H19ClN2O3S2. The van der Waals surface area contributed by atoms with Gasteiger partial charge in [0.05, 0.1) is 4.91 Å². The molecule has 3 amide bonds. The molecular weight excluding hydrogens is 428 g/mol. The summed E-state index contributed by atoms with van der Waals surface area (Å²) in [5.74, 6) is 0.306. The Labute approximate surface area is 182 Å². The summed E-state index contributed by atoms with van der Waals surface area (Å²) in [5.41, 5.74) is 2.49. The van der Waals surface area contributed by atoms with Crippen molar-refractivity contribution in [3.63, 3.8) is 0 Å². The summed E-state index contributed by atoms with van der Waals surface area (Å²) in [5, 5.41) is 3.02. The van der Waals surface area contributed by atoms with E-state index in [0.29, 0.717) is 15.5 Å². The Morgan fingerprint density at radius 2 is 1.83 bits per heavy atom. The first kappa shape index (κ1) is 21.5. The summed E-state index contributed by atoms with van der Waals surface area (Å²) in [4.78, 5) is 38.4. The number of rotatable bonds is 7. The maximum Gasteiger partial charge on any atom is 0.293 e. The molecule has 0 spiro atoms. The van der Waals surface area contributed by atoms with Crippen LogP contribution in [0.3, 0.4) is 0 Å². The number of hydrogen-bond donors (Lipinski definition) is 1. The number of benzene rings is 2. The first-order chi connectivity index (χ1) is 14.0. The Morgan fingerprint density at radius 3 is 2.48 bits per heavy atom. The van der Waals surface area contributed by atoms with E-state index in [2.05, 4.69) is 5.32 Å². The number of halogens is 1. The second kappa shape index (κ2) is 10.0. The number of amides is 3. The molecule has 1 saturated heterocycles. The van der Waals surface area contributed by atoms with E-state index >= 15 is 0 Å². The highest BCUT2D eigenvalue weighted by Crippen LogP contribution is 2.32. The molecule has 5 nitrogen and oxygen atoms in total. The minimum absolute atomic E-state index is 0.124. The van der Waals surface area contributed by atoms with Crippen LogP contribution in [-0.2, 0) is 10.5 Å². The minimum Gasteiger partial charge on any atom is -0.350 e. The van der Waals surface area contributed by atoms with E-state index < -0.39 is 0 Å². The molecule has 29 heavy (non-hydrogen) atoms. The van der Waals surface area contributed by atoms with E-state index in [1.165, 1.54) is 0 Å². The molecule has 0 saturated carbocycles. The summed E-state index contributed by atoms with van der Waals surface area (Å²) in [6.07, 6.45) is 3.69. The third-order valence-corrected chi connectivity index (χ3v) is 5.97. The van der Waals surface area contributed by atoms with E-state index in [1.807, 2.05) is 18.4 Å². The highest BCUT2D eigenvalue weighted by atomic mass is 35.5. The van der Waals surface area contributed by atoms with Crippen molar-refractivity contribution < 1.29 is 14.4 Å². The van der Waals surface area contributed by atoms with Gasteiger partial charge in [-0.3, -0.25) is 19.3 Å². The molecule has 1 aliphatic rings. The number of nitrogens with one attached hydrogen (secondary N) is 1. The lowest BCUT2D eigenvalue weighted by Gasteiger charge is -2.13. The maximum absolute atomic E-state index is 12.5. The van der Waals surface area contributed by atoms with Gasteiger partial charge in [-0.1, -0.05) is 35.9 Å². The molecule has 0 aliphatic carbocycles. The summed E-state index contributed by atoms with van der Waals surface area (Å²) in [7, 11) is 0. The average Bonchev–Trinajstić information content (AvgIpc) is 2.98. The molecule has 0 radical (unpaired) electrons. The summed E-state index contributed by atoms with van der Waals surface area (Å²) in [6, 6.07) is 14.4. The van der Waals surface area contributed by atoms with Gasteiger partial charge in [-0.25, -0.2) is 0 Å². The minimum atomic E-state index is -0.356. The zero-order valence-corrected chi connectivity index (χ0v) is 18.1.